The molecule has 1 fully saturated rings. The Morgan fingerprint density at radius 2 is 2.21 bits per heavy atom. The summed E-state index contributed by atoms with van der Waals surface area (Å²) in [6.45, 7) is 3.03. The van der Waals surface area contributed by atoms with Crippen molar-refractivity contribution in [3.63, 3.8) is 0 Å². The van der Waals surface area contributed by atoms with Gasteiger partial charge in [0.2, 0.25) is 0 Å². The molecule has 0 bridgehead atoms. The van der Waals surface area contributed by atoms with Crippen molar-refractivity contribution in [1.29, 1.82) is 0 Å². The number of amides is 1. The van der Waals surface area contributed by atoms with Gasteiger partial charge < -0.3 is 10.6 Å². The van der Waals surface area contributed by atoms with Crippen LogP contribution >= 0.6 is 0 Å². The lowest BCUT2D eigenvalue weighted by molar-refractivity contribution is 0.0951. The van der Waals surface area contributed by atoms with Gasteiger partial charge in [0.25, 0.3) is 5.91 Å². The van der Waals surface area contributed by atoms with Crippen molar-refractivity contribution in [1.82, 2.24) is 10.6 Å². The fraction of sp³-hybridized carbons (Fsp3) is 0.562. The third-order valence-electron chi connectivity index (χ3n) is 4.36. The number of carbonyl (C=O) groups is 1. The van der Waals surface area contributed by atoms with Crippen molar-refractivity contribution in [2.45, 2.75) is 32.1 Å². The average Bonchev–Trinajstić information content (AvgIpc) is 3.08. The minimum atomic E-state index is 0.0839. The van der Waals surface area contributed by atoms with Crippen LogP contribution < -0.4 is 10.6 Å². The molecule has 1 amide bonds. The number of aryl methyl sites for hydroxylation is 2. The lowest BCUT2D eigenvalue weighted by Gasteiger charge is -2.10. The molecule has 1 aromatic carbocycles. The molecule has 2 N–H and O–H groups in total. The van der Waals surface area contributed by atoms with Gasteiger partial charge in [-0.1, -0.05) is 6.07 Å². The van der Waals surface area contributed by atoms with Crippen LogP contribution in [-0.2, 0) is 12.8 Å². The van der Waals surface area contributed by atoms with Crippen LogP contribution in [0.5, 0.6) is 0 Å². The molecule has 0 radical (unpaired) electrons. The lowest BCUT2D eigenvalue weighted by Crippen LogP contribution is -2.26. The molecule has 1 unspecified atom stereocenters. The van der Waals surface area contributed by atoms with Gasteiger partial charge in [0.05, 0.1) is 0 Å². The van der Waals surface area contributed by atoms with E-state index in [1.54, 1.807) is 0 Å². The Labute approximate surface area is 114 Å². The first-order valence-electron chi connectivity index (χ1n) is 7.43. The summed E-state index contributed by atoms with van der Waals surface area (Å²) in [6.07, 6.45) is 5.86. The van der Waals surface area contributed by atoms with E-state index >= 15 is 0 Å². The molecule has 1 aliphatic heterocycles. The average molecular weight is 258 g/mol. The molecular formula is C16H22N2O. The first kappa shape index (κ1) is 12.7. The Morgan fingerprint density at radius 3 is 3.05 bits per heavy atom. The Bertz CT molecular complexity index is 464. The van der Waals surface area contributed by atoms with Crippen LogP contribution in [0.4, 0.5) is 0 Å². The summed E-state index contributed by atoms with van der Waals surface area (Å²) in [5.41, 5.74) is 3.62. The summed E-state index contributed by atoms with van der Waals surface area (Å²) in [4.78, 5) is 12.1. The number of hydrogen-bond acceptors (Lipinski definition) is 2. The van der Waals surface area contributed by atoms with E-state index in [0.717, 1.165) is 44.0 Å². The van der Waals surface area contributed by atoms with E-state index in [1.165, 1.54) is 30.4 Å². The van der Waals surface area contributed by atoms with Crippen LogP contribution in [0.3, 0.4) is 0 Å². The first-order valence-corrected chi connectivity index (χ1v) is 7.43. The second kappa shape index (κ2) is 5.74. The fourth-order valence-corrected chi connectivity index (χ4v) is 3.17. The van der Waals surface area contributed by atoms with Crippen LogP contribution in [0.25, 0.3) is 0 Å². The van der Waals surface area contributed by atoms with Crippen molar-refractivity contribution >= 4 is 5.91 Å². The fourth-order valence-electron chi connectivity index (χ4n) is 3.17. The highest BCUT2D eigenvalue weighted by Gasteiger charge is 2.16. The first-order chi connectivity index (χ1) is 9.33. The zero-order chi connectivity index (χ0) is 13.1. The Morgan fingerprint density at radius 1 is 1.32 bits per heavy atom. The van der Waals surface area contributed by atoms with E-state index in [4.69, 9.17) is 0 Å². The minimum Gasteiger partial charge on any atom is -0.352 e. The maximum Gasteiger partial charge on any atom is 0.251 e. The second-order valence-electron chi connectivity index (χ2n) is 5.74. The molecule has 1 aliphatic carbocycles. The molecule has 3 rings (SSSR count). The molecule has 3 heteroatoms. The number of nitrogens with one attached hydrogen (secondary N) is 2. The molecule has 1 saturated heterocycles. The summed E-state index contributed by atoms with van der Waals surface area (Å²) in [6, 6.07) is 6.17. The molecule has 19 heavy (non-hydrogen) atoms. The lowest BCUT2D eigenvalue weighted by atomic mass is 10.0. The van der Waals surface area contributed by atoms with Crippen LogP contribution in [0.1, 0.15) is 40.7 Å². The molecule has 102 valence electrons. The smallest absolute Gasteiger partial charge is 0.251 e. The maximum absolute atomic E-state index is 12.1. The minimum absolute atomic E-state index is 0.0839. The second-order valence-corrected chi connectivity index (χ2v) is 5.74. The van der Waals surface area contributed by atoms with E-state index in [0.29, 0.717) is 0 Å². The summed E-state index contributed by atoms with van der Waals surface area (Å²) >= 11 is 0. The topological polar surface area (TPSA) is 41.1 Å². The third-order valence-corrected chi connectivity index (χ3v) is 4.36. The van der Waals surface area contributed by atoms with Crippen LogP contribution in [-0.4, -0.2) is 25.5 Å². The Kier molecular flexibility index (Phi) is 3.83. The van der Waals surface area contributed by atoms with Gasteiger partial charge in [-0.25, -0.2) is 0 Å². The normalized spacial score (nSPS) is 21.4. The number of rotatable bonds is 4. The van der Waals surface area contributed by atoms with E-state index in [9.17, 15) is 4.79 Å². The SMILES string of the molecule is O=C(NCCC1CCNC1)c1ccc2c(c1)CCC2. The number of carbonyl (C=O) groups excluding carboxylic acids is 1. The van der Waals surface area contributed by atoms with E-state index in [-0.39, 0.29) is 5.91 Å². The van der Waals surface area contributed by atoms with Gasteiger partial charge in [0.15, 0.2) is 0 Å². The molecule has 0 spiro atoms. The van der Waals surface area contributed by atoms with E-state index in [1.807, 2.05) is 6.07 Å². The van der Waals surface area contributed by atoms with E-state index in [2.05, 4.69) is 22.8 Å². The van der Waals surface area contributed by atoms with Crippen molar-refractivity contribution < 1.29 is 4.79 Å². The van der Waals surface area contributed by atoms with Gasteiger partial charge in [-0.05, 0) is 74.4 Å². The predicted molar refractivity (Wildman–Crippen MR) is 76.4 cm³/mol. The summed E-state index contributed by atoms with van der Waals surface area (Å²) < 4.78 is 0. The maximum atomic E-state index is 12.1. The predicted octanol–water partition coefficient (Wildman–Crippen LogP) is 1.90. The molecule has 1 heterocycles. The van der Waals surface area contributed by atoms with Crippen molar-refractivity contribution in [2.75, 3.05) is 19.6 Å². The molecular weight excluding hydrogens is 236 g/mol. The van der Waals surface area contributed by atoms with Gasteiger partial charge >= 0.3 is 0 Å². The quantitative estimate of drug-likeness (QED) is 0.866. The van der Waals surface area contributed by atoms with Crippen LogP contribution in [0.2, 0.25) is 0 Å². The van der Waals surface area contributed by atoms with Gasteiger partial charge in [-0.2, -0.15) is 0 Å². The monoisotopic (exact) mass is 258 g/mol. The third kappa shape index (κ3) is 2.98. The largest absolute Gasteiger partial charge is 0.352 e. The highest BCUT2D eigenvalue weighted by molar-refractivity contribution is 5.94. The Balaban J connectivity index is 1.52. The highest BCUT2D eigenvalue weighted by atomic mass is 16.1. The molecule has 2 aliphatic rings. The number of hydrogen-bond donors (Lipinski definition) is 2. The zero-order valence-electron chi connectivity index (χ0n) is 11.4. The summed E-state index contributed by atoms with van der Waals surface area (Å²) in [5, 5.41) is 6.41. The molecule has 0 saturated carbocycles. The van der Waals surface area contributed by atoms with E-state index < -0.39 is 0 Å². The Hall–Kier alpha value is -1.35. The summed E-state index contributed by atoms with van der Waals surface area (Å²) in [7, 11) is 0. The molecule has 1 atom stereocenters. The van der Waals surface area contributed by atoms with Crippen molar-refractivity contribution in [3.05, 3.63) is 34.9 Å². The van der Waals surface area contributed by atoms with Crippen molar-refractivity contribution in [2.24, 2.45) is 5.92 Å². The molecule has 1 aromatic rings. The van der Waals surface area contributed by atoms with Gasteiger partial charge in [-0.3, -0.25) is 4.79 Å². The number of benzene rings is 1. The standard InChI is InChI=1S/C16H22N2O/c19-16(18-9-7-12-6-8-17-11-12)15-5-4-13-2-1-3-14(13)10-15/h4-5,10,12,17H,1-3,6-9,11H2,(H,18,19). The van der Waals surface area contributed by atoms with Crippen LogP contribution in [0.15, 0.2) is 18.2 Å². The highest BCUT2D eigenvalue weighted by Crippen LogP contribution is 2.22. The van der Waals surface area contributed by atoms with Crippen LogP contribution in [0, 0.1) is 5.92 Å². The molecule has 0 aromatic heterocycles. The molecule has 3 nitrogen and oxygen atoms in total. The van der Waals surface area contributed by atoms with Gasteiger partial charge in [-0.15, -0.1) is 0 Å². The van der Waals surface area contributed by atoms with Gasteiger partial charge in [0, 0.05) is 12.1 Å². The summed E-state index contributed by atoms with van der Waals surface area (Å²) in [5.74, 6) is 0.820. The van der Waals surface area contributed by atoms with Gasteiger partial charge in [0.1, 0.15) is 0 Å². The number of fused-ring (bicyclic) bond motifs is 1. The van der Waals surface area contributed by atoms with Crippen molar-refractivity contribution in [3.8, 4) is 0 Å². The zero-order valence-corrected chi connectivity index (χ0v) is 11.4.